The third kappa shape index (κ3) is 3.78. The SMILES string of the molecule is NC(=S)NN=Cc1ccc(C2CCNCC2)cc1. The fourth-order valence-corrected chi connectivity index (χ4v) is 2.23. The summed E-state index contributed by atoms with van der Waals surface area (Å²) in [7, 11) is 0. The highest BCUT2D eigenvalue weighted by atomic mass is 32.1. The van der Waals surface area contributed by atoms with E-state index < -0.39 is 0 Å². The lowest BCUT2D eigenvalue weighted by atomic mass is 9.90. The highest BCUT2D eigenvalue weighted by Crippen LogP contribution is 2.24. The predicted molar refractivity (Wildman–Crippen MR) is 78.8 cm³/mol. The van der Waals surface area contributed by atoms with Crippen molar-refractivity contribution < 1.29 is 0 Å². The van der Waals surface area contributed by atoms with Crippen molar-refractivity contribution in [2.24, 2.45) is 10.8 Å². The smallest absolute Gasteiger partial charge is 0.184 e. The van der Waals surface area contributed by atoms with Gasteiger partial charge in [0.05, 0.1) is 6.21 Å². The van der Waals surface area contributed by atoms with Crippen LogP contribution in [0.2, 0.25) is 0 Å². The van der Waals surface area contributed by atoms with E-state index in [0.717, 1.165) is 18.7 Å². The van der Waals surface area contributed by atoms with Crippen LogP contribution in [-0.4, -0.2) is 24.4 Å². The second-order valence-electron chi connectivity index (χ2n) is 4.43. The molecule has 0 aliphatic carbocycles. The first-order chi connectivity index (χ1) is 8.75. The van der Waals surface area contributed by atoms with Crippen molar-refractivity contribution in [3.63, 3.8) is 0 Å². The molecule has 1 saturated heterocycles. The van der Waals surface area contributed by atoms with Gasteiger partial charge in [0.15, 0.2) is 5.11 Å². The van der Waals surface area contributed by atoms with Gasteiger partial charge in [0, 0.05) is 0 Å². The van der Waals surface area contributed by atoms with Gasteiger partial charge in [-0.25, -0.2) is 0 Å². The van der Waals surface area contributed by atoms with E-state index >= 15 is 0 Å². The van der Waals surface area contributed by atoms with Crippen molar-refractivity contribution in [3.8, 4) is 0 Å². The molecule has 4 N–H and O–H groups in total. The Kier molecular flexibility index (Phi) is 4.66. The van der Waals surface area contributed by atoms with Crippen molar-refractivity contribution in [2.45, 2.75) is 18.8 Å². The summed E-state index contributed by atoms with van der Waals surface area (Å²) >= 11 is 4.66. The first-order valence-electron chi connectivity index (χ1n) is 6.15. The highest BCUT2D eigenvalue weighted by molar-refractivity contribution is 7.80. The van der Waals surface area contributed by atoms with Gasteiger partial charge in [-0.15, -0.1) is 0 Å². The quantitative estimate of drug-likeness (QED) is 0.437. The van der Waals surface area contributed by atoms with Crippen molar-refractivity contribution >= 4 is 23.5 Å². The van der Waals surface area contributed by atoms with Gasteiger partial charge in [-0.05, 0) is 55.2 Å². The van der Waals surface area contributed by atoms with Crippen LogP contribution in [0.4, 0.5) is 0 Å². The molecule has 18 heavy (non-hydrogen) atoms. The van der Waals surface area contributed by atoms with Gasteiger partial charge < -0.3 is 11.1 Å². The zero-order chi connectivity index (χ0) is 12.8. The second-order valence-corrected chi connectivity index (χ2v) is 4.87. The van der Waals surface area contributed by atoms with Crippen LogP contribution in [-0.2, 0) is 0 Å². The molecule has 96 valence electrons. The Labute approximate surface area is 113 Å². The van der Waals surface area contributed by atoms with Crippen LogP contribution in [0.3, 0.4) is 0 Å². The predicted octanol–water partition coefficient (Wildman–Crippen LogP) is 1.32. The standard InChI is InChI=1S/C13H18N4S/c14-13(18)17-16-9-10-1-3-11(4-2-10)12-5-7-15-8-6-12/h1-4,9,12,15H,5-8H2,(H3,14,17,18). The van der Waals surface area contributed by atoms with Gasteiger partial charge in [0.1, 0.15) is 0 Å². The number of thiocarbonyl (C=S) groups is 1. The number of rotatable bonds is 3. The topological polar surface area (TPSA) is 62.4 Å². The average molecular weight is 262 g/mol. The van der Waals surface area contributed by atoms with E-state index in [0.29, 0.717) is 5.92 Å². The Bertz CT molecular complexity index is 421. The summed E-state index contributed by atoms with van der Waals surface area (Å²) < 4.78 is 0. The maximum absolute atomic E-state index is 5.28. The third-order valence-electron chi connectivity index (χ3n) is 3.14. The van der Waals surface area contributed by atoms with Gasteiger partial charge in [-0.2, -0.15) is 5.10 Å². The number of nitrogens with two attached hydrogens (primary N) is 1. The molecule has 0 saturated carbocycles. The van der Waals surface area contributed by atoms with Crippen molar-refractivity contribution in [1.82, 2.24) is 10.7 Å². The Morgan fingerprint density at radius 3 is 2.61 bits per heavy atom. The fraction of sp³-hybridized carbons (Fsp3) is 0.385. The van der Waals surface area contributed by atoms with Gasteiger partial charge in [0.25, 0.3) is 0 Å². The number of hydrogen-bond acceptors (Lipinski definition) is 3. The summed E-state index contributed by atoms with van der Waals surface area (Å²) in [6.45, 7) is 2.23. The molecule has 0 amide bonds. The number of hydrazone groups is 1. The lowest BCUT2D eigenvalue weighted by molar-refractivity contribution is 0.460. The minimum absolute atomic E-state index is 0.178. The summed E-state index contributed by atoms with van der Waals surface area (Å²) in [6.07, 6.45) is 4.15. The van der Waals surface area contributed by atoms with Gasteiger partial charge in [-0.1, -0.05) is 24.3 Å². The minimum Gasteiger partial charge on any atom is -0.375 e. The average Bonchev–Trinajstić information content (AvgIpc) is 2.40. The molecular formula is C13H18N4S. The first-order valence-corrected chi connectivity index (χ1v) is 6.56. The number of nitrogens with one attached hydrogen (secondary N) is 2. The molecule has 0 aromatic heterocycles. The zero-order valence-corrected chi connectivity index (χ0v) is 11.0. The van der Waals surface area contributed by atoms with E-state index in [9.17, 15) is 0 Å². The summed E-state index contributed by atoms with van der Waals surface area (Å²) in [6, 6.07) is 8.50. The molecule has 1 fully saturated rings. The fourth-order valence-electron chi connectivity index (χ4n) is 2.18. The van der Waals surface area contributed by atoms with E-state index in [4.69, 9.17) is 5.73 Å². The Morgan fingerprint density at radius 2 is 2.00 bits per heavy atom. The lowest BCUT2D eigenvalue weighted by Gasteiger charge is -2.22. The van der Waals surface area contributed by atoms with E-state index in [2.05, 4.69) is 52.3 Å². The van der Waals surface area contributed by atoms with E-state index in [1.807, 2.05) is 0 Å². The zero-order valence-electron chi connectivity index (χ0n) is 10.2. The van der Waals surface area contributed by atoms with E-state index in [1.54, 1.807) is 6.21 Å². The second kappa shape index (κ2) is 6.47. The Hall–Kier alpha value is -1.46. The van der Waals surface area contributed by atoms with Gasteiger partial charge >= 0.3 is 0 Å². The monoisotopic (exact) mass is 262 g/mol. The number of piperidine rings is 1. The van der Waals surface area contributed by atoms with Crippen LogP contribution >= 0.6 is 12.2 Å². The summed E-state index contributed by atoms with van der Waals surface area (Å²) in [5.41, 5.74) is 10.3. The van der Waals surface area contributed by atoms with Crippen LogP contribution in [0, 0.1) is 0 Å². The molecule has 0 bridgehead atoms. The van der Waals surface area contributed by atoms with Crippen LogP contribution in [0.15, 0.2) is 29.4 Å². The maximum atomic E-state index is 5.28. The molecule has 0 atom stereocenters. The van der Waals surface area contributed by atoms with E-state index in [-0.39, 0.29) is 5.11 Å². The lowest BCUT2D eigenvalue weighted by Crippen LogP contribution is -2.26. The first kappa shape index (κ1) is 13.0. The number of hydrogen-bond donors (Lipinski definition) is 3. The van der Waals surface area contributed by atoms with Crippen molar-refractivity contribution in [2.75, 3.05) is 13.1 Å². The van der Waals surface area contributed by atoms with Crippen molar-refractivity contribution in [3.05, 3.63) is 35.4 Å². The number of nitrogens with zero attached hydrogens (tertiary/aromatic N) is 1. The molecule has 5 heteroatoms. The molecule has 4 nitrogen and oxygen atoms in total. The van der Waals surface area contributed by atoms with E-state index in [1.165, 1.54) is 18.4 Å². The molecule has 1 aromatic rings. The molecule has 2 rings (SSSR count). The molecular weight excluding hydrogens is 244 g/mol. The van der Waals surface area contributed by atoms with Crippen molar-refractivity contribution in [1.29, 1.82) is 0 Å². The van der Waals surface area contributed by atoms with Crippen LogP contribution in [0.1, 0.15) is 29.9 Å². The summed E-state index contributed by atoms with van der Waals surface area (Å²) in [5.74, 6) is 0.687. The van der Waals surface area contributed by atoms with Crippen LogP contribution in [0.25, 0.3) is 0 Å². The largest absolute Gasteiger partial charge is 0.375 e. The van der Waals surface area contributed by atoms with Crippen LogP contribution in [0.5, 0.6) is 0 Å². The summed E-state index contributed by atoms with van der Waals surface area (Å²) in [5, 5.41) is 7.49. The molecule has 1 aromatic carbocycles. The molecule has 0 spiro atoms. The molecule has 1 aliphatic rings. The maximum Gasteiger partial charge on any atom is 0.184 e. The van der Waals surface area contributed by atoms with Crippen LogP contribution < -0.4 is 16.5 Å². The molecule has 0 unspecified atom stereocenters. The molecule has 1 heterocycles. The minimum atomic E-state index is 0.178. The Balaban J connectivity index is 1.96. The number of benzene rings is 1. The highest BCUT2D eigenvalue weighted by Gasteiger charge is 2.14. The normalized spacial score (nSPS) is 16.9. The van der Waals surface area contributed by atoms with Gasteiger partial charge in [0.2, 0.25) is 0 Å². The third-order valence-corrected chi connectivity index (χ3v) is 3.23. The summed E-state index contributed by atoms with van der Waals surface area (Å²) in [4.78, 5) is 0. The van der Waals surface area contributed by atoms with Gasteiger partial charge in [-0.3, -0.25) is 5.43 Å². The molecule has 0 radical (unpaired) electrons. The Morgan fingerprint density at radius 1 is 1.33 bits per heavy atom. The molecule has 1 aliphatic heterocycles.